The van der Waals surface area contributed by atoms with Crippen LogP contribution in [0.2, 0.25) is 0 Å². The van der Waals surface area contributed by atoms with Gasteiger partial charge in [-0.15, -0.1) is 5.10 Å². The topological polar surface area (TPSA) is 149 Å². The normalized spacial score (nSPS) is 16.8. The number of carbonyl (C=O) groups is 3. The lowest BCUT2D eigenvalue weighted by Crippen LogP contribution is -2.59. The van der Waals surface area contributed by atoms with Crippen LogP contribution in [0.5, 0.6) is 5.75 Å². The number of carbonyl (C=O) groups excluding carboxylic acids is 2. The molecular formula is C39H48FN9O5. The highest BCUT2D eigenvalue weighted by Gasteiger charge is 2.39. The molecule has 0 spiro atoms. The largest absolute Gasteiger partial charge is 0.496 e. The number of halogens is 1. The first kappa shape index (κ1) is 38.3. The molecule has 1 unspecified atom stereocenters. The van der Waals surface area contributed by atoms with Crippen LogP contribution in [0.15, 0.2) is 79.1 Å². The maximum atomic E-state index is 14.0. The number of aliphatic carboxylic acids is 1. The van der Waals surface area contributed by atoms with Gasteiger partial charge in [0.15, 0.2) is 0 Å². The molecule has 1 aromatic heterocycles. The number of benzene rings is 3. The second-order valence-corrected chi connectivity index (χ2v) is 14.1. The zero-order chi connectivity index (χ0) is 38.1. The van der Waals surface area contributed by atoms with Crippen molar-refractivity contribution in [3.63, 3.8) is 0 Å². The first-order valence-corrected chi connectivity index (χ1v) is 18.4. The number of hydrogen-bond acceptors (Lipinski definition) is 9. The van der Waals surface area contributed by atoms with E-state index in [9.17, 15) is 18.8 Å². The van der Waals surface area contributed by atoms with Crippen molar-refractivity contribution in [2.24, 2.45) is 0 Å². The number of piperidine rings is 1. The van der Waals surface area contributed by atoms with Crippen molar-refractivity contribution >= 4 is 17.9 Å². The summed E-state index contributed by atoms with van der Waals surface area (Å²) < 4.78 is 21.0. The Bertz CT molecular complexity index is 1850. The quantitative estimate of drug-likeness (QED) is 0.195. The Hall–Kier alpha value is -5.41. The highest BCUT2D eigenvalue weighted by atomic mass is 19.1. The van der Waals surface area contributed by atoms with E-state index in [1.165, 1.54) is 30.3 Å². The maximum Gasteiger partial charge on any atom is 0.318 e. The molecule has 0 radical (unpaired) electrons. The van der Waals surface area contributed by atoms with Gasteiger partial charge in [0.05, 0.1) is 30.3 Å². The molecule has 0 bridgehead atoms. The number of tetrazole rings is 1. The number of rotatable bonds is 14. The van der Waals surface area contributed by atoms with Crippen LogP contribution in [0.4, 0.5) is 9.18 Å². The van der Waals surface area contributed by atoms with Crippen LogP contribution < -0.4 is 10.1 Å². The highest BCUT2D eigenvalue weighted by Crippen LogP contribution is 2.34. The van der Waals surface area contributed by atoms with E-state index in [1.54, 1.807) is 42.3 Å². The second kappa shape index (κ2) is 17.6. The summed E-state index contributed by atoms with van der Waals surface area (Å²) in [4.78, 5) is 46.6. The Labute approximate surface area is 314 Å². The molecule has 0 aliphatic carbocycles. The number of ether oxygens (including phenoxy) is 1. The molecule has 6 rings (SSSR count). The van der Waals surface area contributed by atoms with Gasteiger partial charge in [-0.3, -0.25) is 14.5 Å². The number of hydrogen-bond donors (Lipinski definition) is 2. The van der Waals surface area contributed by atoms with E-state index in [0.717, 1.165) is 50.0 Å². The lowest BCUT2D eigenvalue weighted by molar-refractivity contribution is -0.137. The molecule has 2 aliphatic heterocycles. The van der Waals surface area contributed by atoms with E-state index in [4.69, 9.17) is 9.84 Å². The summed E-state index contributed by atoms with van der Waals surface area (Å²) in [5.41, 5.74) is 2.48. The number of methoxy groups -OCH3 is 1. The molecule has 2 N–H and O–H groups in total. The number of carboxylic acid groups (broad SMARTS) is 1. The number of carboxylic acids is 1. The molecule has 54 heavy (non-hydrogen) atoms. The van der Waals surface area contributed by atoms with Crippen LogP contribution in [-0.4, -0.2) is 136 Å². The van der Waals surface area contributed by atoms with Gasteiger partial charge in [-0.1, -0.05) is 42.5 Å². The molecule has 1 atom stereocenters. The molecule has 14 nitrogen and oxygen atoms in total. The number of aromatic nitrogens is 4. The van der Waals surface area contributed by atoms with E-state index in [1.807, 2.05) is 23.1 Å². The molecule has 15 heteroatoms. The summed E-state index contributed by atoms with van der Waals surface area (Å²) in [6, 6.07) is 21.7. The molecule has 3 heterocycles. The van der Waals surface area contributed by atoms with Crippen LogP contribution in [0.1, 0.15) is 53.1 Å². The molecule has 4 aromatic rings. The van der Waals surface area contributed by atoms with E-state index < -0.39 is 11.5 Å². The van der Waals surface area contributed by atoms with Gasteiger partial charge in [0.2, 0.25) is 0 Å². The molecule has 3 amide bonds. The van der Waals surface area contributed by atoms with Gasteiger partial charge in [-0.2, -0.15) is 0 Å². The van der Waals surface area contributed by atoms with Gasteiger partial charge in [0, 0.05) is 65.3 Å². The predicted octanol–water partition coefficient (Wildman–Crippen LogP) is 3.85. The fraction of sp³-hybridized carbons (Fsp3) is 0.436. The van der Waals surface area contributed by atoms with Crippen LogP contribution >= 0.6 is 0 Å². The van der Waals surface area contributed by atoms with Gasteiger partial charge >= 0.3 is 12.0 Å². The molecule has 286 valence electrons. The van der Waals surface area contributed by atoms with Gasteiger partial charge < -0.3 is 29.9 Å². The summed E-state index contributed by atoms with van der Waals surface area (Å²) >= 11 is 0. The smallest absolute Gasteiger partial charge is 0.318 e. The summed E-state index contributed by atoms with van der Waals surface area (Å²) in [5, 5.41) is 23.8. The Balaban J connectivity index is 1.11. The first-order chi connectivity index (χ1) is 26.1. The number of nitrogens with one attached hydrogen (secondary N) is 1. The summed E-state index contributed by atoms with van der Waals surface area (Å²) in [5.74, 6) is -1.01. The van der Waals surface area contributed by atoms with Gasteiger partial charge in [-0.25, -0.2) is 13.9 Å². The standard InChI is InChI=1S/C39H48FN9O5/c1-45(37(52)34-26-33(12-13-35(34)54-2)49-28-41-43-44-49)27-30(29-8-10-32(40)11-9-29)14-18-46-20-16-39(17-21-46,31-6-4-3-5-7-31)42-38(53)48-24-22-47(23-25-48)19-15-36(50)51/h3-13,26,28,30H,14-25,27H2,1-2H3,(H,42,53)(H,50,51). The highest BCUT2D eigenvalue weighted by molar-refractivity contribution is 5.97. The Morgan fingerprint density at radius 3 is 2.30 bits per heavy atom. The number of nitrogens with zero attached hydrogens (tertiary/aromatic N) is 8. The van der Waals surface area contributed by atoms with E-state index in [2.05, 4.69) is 42.8 Å². The number of likely N-dealkylation sites (N-methyl/N-ethyl adjacent to an activating group) is 1. The van der Waals surface area contributed by atoms with Gasteiger partial charge in [0.25, 0.3) is 5.91 Å². The van der Waals surface area contributed by atoms with Crippen molar-refractivity contribution < 1.29 is 28.6 Å². The van der Waals surface area contributed by atoms with Gasteiger partial charge in [0.1, 0.15) is 17.9 Å². The fourth-order valence-electron chi connectivity index (χ4n) is 7.45. The minimum Gasteiger partial charge on any atom is -0.496 e. The van der Waals surface area contributed by atoms with Crippen molar-refractivity contribution in [2.75, 3.05) is 73.1 Å². The fourth-order valence-corrected chi connectivity index (χ4v) is 7.45. The van der Waals surface area contributed by atoms with E-state index >= 15 is 0 Å². The van der Waals surface area contributed by atoms with E-state index in [-0.39, 0.29) is 30.1 Å². The number of likely N-dealkylation sites (tertiary alicyclic amines) is 1. The van der Waals surface area contributed by atoms with Crippen LogP contribution in [-0.2, 0) is 10.3 Å². The third kappa shape index (κ3) is 9.38. The number of urea groups is 1. The summed E-state index contributed by atoms with van der Waals surface area (Å²) in [6.45, 7) is 5.50. The number of piperazine rings is 1. The van der Waals surface area contributed by atoms with Crippen molar-refractivity contribution in [1.82, 2.24) is 45.1 Å². The van der Waals surface area contributed by atoms with Crippen LogP contribution in [0.3, 0.4) is 0 Å². The minimum absolute atomic E-state index is 0.0806. The third-order valence-electron chi connectivity index (χ3n) is 10.7. The first-order valence-electron chi connectivity index (χ1n) is 18.4. The zero-order valence-electron chi connectivity index (χ0n) is 30.8. The molecule has 2 aliphatic rings. The molecule has 3 aromatic carbocycles. The Kier molecular flexibility index (Phi) is 12.5. The van der Waals surface area contributed by atoms with Crippen molar-refractivity contribution in [3.05, 3.63) is 102 Å². The van der Waals surface area contributed by atoms with Crippen molar-refractivity contribution in [3.8, 4) is 11.4 Å². The van der Waals surface area contributed by atoms with Gasteiger partial charge in [-0.05, 0) is 77.7 Å². The number of amides is 3. The van der Waals surface area contributed by atoms with E-state index in [0.29, 0.717) is 56.3 Å². The predicted molar refractivity (Wildman–Crippen MR) is 199 cm³/mol. The molecular weight excluding hydrogens is 693 g/mol. The average molecular weight is 742 g/mol. The summed E-state index contributed by atoms with van der Waals surface area (Å²) in [7, 11) is 3.28. The summed E-state index contributed by atoms with van der Waals surface area (Å²) in [6.07, 6.45) is 3.71. The van der Waals surface area contributed by atoms with Crippen molar-refractivity contribution in [2.45, 2.75) is 37.1 Å². The minimum atomic E-state index is -0.818. The average Bonchev–Trinajstić information content (AvgIpc) is 3.75. The zero-order valence-corrected chi connectivity index (χ0v) is 30.8. The Morgan fingerprint density at radius 1 is 0.944 bits per heavy atom. The maximum absolute atomic E-state index is 14.0. The lowest BCUT2D eigenvalue weighted by atomic mass is 9.80. The third-order valence-corrected chi connectivity index (χ3v) is 10.7. The molecule has 2 saturated heterocycles. The lowest BCUT2D eigenvalue weighted by Gasteiger charge is -2.45. The van der Waals surface area contributed by atoms with Crippen molar-refractivity contribution in [1.29, 1.82) is 0 Å². The SMILES string of the molecule is COc1ccc(-n2cnnn2)cc1C(=O)N(C)CC(CCN1CCC(NC(=O)N2CCN(CCC(=O)O)CC2)(c2ccccc2)CC1)c1ccc(F)cc1. The molecule has 0 saturated carbocycles. The molecule has 2 fully saturated rings. The van der Waals surface area contributed by atoms with Crippen LogP contribution in [0.25, 0.3) is 5.69 Å². The monoisotopic (exact) mass is 741 g/mol. The van der Waals surface area contributed by atoms with Crippen LogP contribution in [0, 0.1) is 5.82 Å². The Morgan fingerprint density at radius 2 is 1.65 bits per heavy atom. The second-order valence-electron chi connectivity index (χ2n) is 14.1.